The quantitative estimate of drug-likeness (QED) is 0.129. The maximum Gasteiger partial charge on any atom is 0.243 e. The highest BCUT2D eigenvalue weighted by atomic mass is 16.1. The van der Waals surface area contributed by atoms with E-state index >= 15 is 0 Å². The number of carbonyl (C=O) groups is 1. The molecule has 1 aromatic rings. The predicted octanol–water partition coefficient (Wildman–Crippen LogP) is 9.68. The fourth-order valence-electron chi connectivity index (χ4n) is 4.37. The summed E-state index contributed by atoms with van der Waals surface area (Å²) in [6.45, 7) is 2.89. The van der Waals surface area contributed by atoms with Gasteiger partial charge in [0.05, 0.1) is 0 Å². The zero-order chi connectivity index (χ0) is 23.7. The zero-order valence-corrected chi connectivity index (χ0v) is 21.8. The van der Waals surface area contributed by atoms with Crippen LogP contribution in [0.3, 0.4) is 0 Å². The molecule has 0 saturated heterocycles. The third kappa shape index (κ3) is 20.7. The van der Waals surface area contributed by atoms with Gasteiger partial charge >= 0.3 is 0 Å². The Kier molecular flexibility index (Phi) is 21.1. The van der Waals surface area contributed by atoms with Gasteiger partial charge in [-0.2, -0.15) is 0 Å². The molecule has 0 unspecified atom stereocenters. The third-order valence-corrected chi connectivity index (χ3v) is 6.55. The van der Waals surface area contributed by atoms with Crippen LogP contribution in [-0.4, -0.2) is 5.91 Å². The largest absolute Gasteiger partial charge is 0.348 e. The van der Waals surface area contributed by atoms with Crippen molar-refractivity contribution in [1.29, 1.82) is 0 Å². The Bertz CT molecular complexity index is 566. The monoisotopic (exact) mass is 455 g/mol. The second kappa shape index (κ2) is 23.6. The van der Waals surface area contributed by atoms with E-state index in [4.69, 9.17) is 0 Å². The van der Waals surface area contributed by atoms with Crippen LogP contribution in [0, 0.1) is 0 Å². The number of hydrogen-bond donors (Lipinski definition) is 1. The summed E-state index contributed by atoms with van der Waals surface area (Å²) in [5.74, 6) is 0.0108. The molecule has 0 heterocycles. The van der Waals surface area contributed by atoms with Crippen molar-refractivity contribution in [2.24, 2.45) is 0 Å². The summed E-state index contributed by atoms with van der Waals surface area (Å²) in [7, 11) is 0. The molecular formula is C31H53NO. The summed E-state index contributed by atoms with van der Waals surface area (Å²) in [6.07, 6.45) is 31.5. The highest BCUT2D eigenvalue weighted by Gasteiger charge is 1.97. The van der Waals surface area contributed by atoms with E-state index in [1.54, 1.807) is 6.08 Å². The molecule has 0 radical (unpaired) electrons. The molecule has 0 saturated carbocycles. The summed E-state index contributed by atoms with van der Waals surface area (Å²) in [5, 5.41) is 2.94. The Morgan fingerprint density at radius 1 is 0.636 bits per heavy atom. The summed E-state index contributed by atoms with van der Waals surface area (Å²) < 4.78 is 0. The van der Waals surface area contributed by atoms with Gasteiger partial charge in [0, 0.05) is 6.54 Å². The van der Waals surface area contributed by atoms with Crippen LogP contribution in [0.5, 0.6) is 0 Å². The zero-order valence-electron chi connectivity index (χ0n) is 21.8. The first-order valence-electron chi connectivity index (χ1n) is 14.3. The molecule has 0 aliphatic rings. The smallest absolute Gasteiger partial charge is 0.243 e. The fraction of sp³-hybridized carbons (Fsp3) is 0.710. The number of unbranched alkanes of at least 4 members (excludes halogenated alkanes) is 19. The van der Waals surface area contributed by atoms with Gasteiger partial charge in [-0.1, -0.05) is 159 Å². The van der Waals surface area contributed by atoms with Crippen molar-refractivity contribution in [1.82, 2.24) is 5.32 Å². The van der Waals surface area contributed by atoms with E-state index in [-0.39, 0.29) is 5.91 Å². The summed E-state index contributed by atoms with van der Waals surface area (Å²) >= 11 is 0. The van der Waals surface area contributed by atoms with Crippen molar-refractivity contribution in [3.8, 4) is 0 Å². The highest BCUT2D eigenvalue weighted by molar-refractivity contribution is 5.87. The average Bonchev–Trinajstić information content (AvgIpc) is 2.84. The van der Waals surface area contributed by atoms with Crippen molar-refractivity contribution < 1.29 is 4.79 Å². The fourth-order valence-corrected chi connectivity index (χ4v) is 4.37. The Balaban J connectivity index is 1.74. The van der Waals surface area contributed by atoms with Crippen molar-refractivity contribution in [3.05, 3.63) is 48.0 Å². The highest BCUT2D eigenvalue weighted by Crippen LogP contribution is 2.14. The number of carbonyl (C=O) groups excluding carboxylic acids is 1. The maximum atomic E-state index is 11.8. The van der Waals surface area contributed by atoms with E-state index in [0.29, 0.717) is 6.54 Å². The standard InChI is InChI=1S/C31H53NO/c1-2-3-4-5-6-7-8-9-10-11-12-13-14-15-16-17-18-19-20-21-25-28-31(33)32-29-30-26-23-22-24-27-30/h22-28H,2-21,29H2,1H3,(H,32,33). The van der Waals surface area contributed by atoms with E-state index in [0.717, 1.165) is 12.0 Å². The van der Waals surface area contributed by atoms with Crippen molar-refractivity contribution in [2.75, 3.05) is 0 Å². The number of nitrogens with one attached hydrogen (secondary N) is 1. The molecule has 1 N–H and O–H groups in total. The van der Waals surface area contributed by atoms with Crippen molar-refractivity contribution in [3.63, 3.8) is 0 Å². The minimum atomic E-state index is 0.0108. The topological polar surface area (TPSA) is 29.1 Å². The molecule has 188 valence electrons. The molecule has 1 rings (SSSR count). The molecule has 0 spiro atoms. The minimum absolute atomic E-state index is 0.0108. The Morgan fingerprint density at radius 2 is 1.06 bits per heavy atom. The van der Waals surface area contributed by atoms with Crippen LogP contribution in [0.4, 0.5) is 0 Å². The second-order valence-electron chi connectivity index (χ2n) is 9.76. The van der Waals surface area contributed by atoms with Gasteiger partial charge in [0.2, 0.25) is 5.91 Å². The first kappa shape index (κ1) is 29.5. The van der Waals surface area contributed by atoms with E-state index in [1.165, 1.54) is 122 Å². The van der Waals surface area contributed by atoms with E-state index in [2.05, 4.69) is 12.2 Å². The van der Waals surface area contributed by atoms with Gasteiger partial charge in [0.25, 0.3) is 0 Å². The van der Waals surface area contributed by atoms with Crippen LogP contribution < -0.4 is 5.32 Å². The van der Waals surface area contributed by atoms with Gasteiger partial charge in [-0.3, -0.25) is 4.79 Å². The molecule has 0 aliphatic carbocycles. The first-order valence-corrected chi connectivity index (χ1v) is 14.3. The van der Waals surface area contributed by atoms with E-state index in [9.17, 15) is 4.79 Å². The second-order valence-corrected chi connectivity index (χ2v) is 9.76. The summed E-state index contributed by atoms with van der Waals surface area (Å²) in [6, 6.07) is 10.0. The lowest BCUT2D eigenvalue weighted by atomic mass is 10.0. The van der Waals surface area contributed by atoms with Crippen LogP contribution in [-0.2, 0) is 11.3 Å². The van der Waals surface area contributed by atoms with Crippen LogP contribution in [0.2, 0.25) is 0 Å². The summed E-state index contributed by atoms with van der Waals surface area (Å²) in [4.78, 5) is 11.8. The molecule has 0 fully saturated rings. The molecule has 0 atom stereocenters. The van der Waals surface area contributed by atoms with Gasteiger partial charge in [0.15, 0.2) is 0 Å². The molecule has 1 aromatic carbocycles. The van der Waals surface area contributed by atoms with Crippen LogP contribution in [0.25, 0.3) is 0 Å². The number of benzene rings is 1. The molecule has 2 heteroatoms. The van der Waals surface area contributed by atoms with Crippen LogP contribution in [0.1, 0.15) is 141 Å². The Labute approximate surface area is 206 Å². The molecule has 33 heavy (non-hydrogen) atoms. The molecular weight excluding hydrogens is 402 g/mol. The first-order chi connectivity index (χ1) is 16.3. The number of amides is 1. The lowest BCUT2D eigenvalue weighted by Gasteiger charge is -2.04. The number of rotatable bonds is 23. The SMILES string of the molecule is CCCCCCCCCCCCCCCCCCCCCC=CC(=O)NCc1ccccc1. The van der Waals surface area contributed by atoms with Gasteiger partial charge in [-0.05, 0) is 24.5 Å². The van der Waals surface area contributed by atoms with E-state index in [1.807, 2.05) is 36.4 Å². The summed E-state index contributed by atoms with van der Waals surface area (Å²) in [5.41, 5.74) is 1.14. The van der Waals surface area contributed by atoms with Gasteiger partial charge in [0.1, 0.15) is 0 Å². The average molecular weight is 456 g/mol. The normalized spacial score (nSPS) is 11.3. The molecule has 0 aromatic heterocycles. The molecule has 0 aliphatic heterocycles. The molecule has 2 nitrogen and oxygen atoms in total. The maximum absolute atomic E-state index is 11.8. The van der Waals surface area contributed by atoms with Crippen LogP contribution >= 0.6 is 0 Å². The lowest BCUT2D eigenvalue weighted by Crippen LogP contribution is -2.20. The number of allylic oxidation sites excluding steroid dienone is 1. The van der Waals surface area contributed by atoms with Crippen LogP contribution in [0.15, 0.2) is 42.5 Å². The van der Waals surface area contributed by atoms with Gasteiger partial charge in [-0.15, -0.1) is 0 Å². The predicted molar refractivity (Wildman–Crippen MR) is 145 cm³/mol. The minimum Gasteiger partial charge on any atom is -0.348 e. The third-order valence-electron chi connectivity index (χ3n) is 6.55. The lowest BCUT2D eigenvalue weighted by molar-refractivity contribution is -0.116. The molecule has 0 bridgehead atoms. The Hall–Kier alpha value is -1.57. The van der Waals surface area contributed by atoms with Gasteiger partial charge in [-0.25, -0.2) is 0 Å². The number of hydrogen-bond acceptors (Lipinski definition) is 1. The van der Waals surface area contributed by atoms with Crippen molar-refractivity contribution >= 4 is 5.91 Å². The van der Waals surface area contributed by atoms with Crippen molar-refractivity contribution in [2.45, 2.75) is 142 Å². The molecule has 1 amide bonds. The van der Waals surface area contributed by atoms with E-state index < -0.39 is 0 Å². The Morgan fingerprint density at radius 3 is 1.52 bits per heavy atom. The van der Waals surface area contributed by atoms with Gasteiger partial charge < -0.3 is 5.32 Å².